The zero-order valence-electron chi connectivity index (χ0n) is 16.5. The number of halogens is 1. The van der Waals surface area contributed by atoms with E-state index in [0.29, 0.717) is 42.1 Å². The SMILES string of the molecule is CCNC(=NCc1cc(OC)c(OC)c(OC)c1)NCC(O)c1ccco1.I. The quantitative estimate of drug-likeness (QED) is 0.274. The Kier molecular flexibility index (Phi) is 10.5. The number of nitrogens with zero attached hydrogens (tertiary/aromatic N) is 1. The predicted octanol–water partition coefficient (Wildman–Crippen LogP) is 2.71. The molecule has 28 heavy (non-hydrogen) atoms. The molecule has 0 saturated heterocycles. The molecule has 1 unspecified atom stereocenters. The van der Waals surface area contributed by atoms with E-state index in [1.165, 1.54) is 6.26 Å². The summed E-state index contributed by atoms with van der Waals surface area (Å²) in [7, 11) is 4.72. The van der Waals surface area contributed by atoms with E-state index >= 15 is 0 Å². The lowest BCUT2D eigenvalue weighted by molar-refractivity contribution is 0.153. The minimum Gasteiger partial charge on any atom is -0.493 e. The Labute approximate surface area is 182 Å². The van der Waals surface area contributed by atoms with Gasteiger partial charge in [0.15, 0.2) is 17.5 Å². The van der Waals surface area contributed by atoms with E-state index in [1.54, 1.807) is 33.5 Å². The van der Waals surface area contributed by atoms with Crippen molar-refractivity contribution in [2.45, 2.75) is 19.6 Å². The maximum absolute atomic E-state index is 10.1. The van der Waals surface area contributed by atoms with Gasteiger partial charge in [0.1, 0.15) is 11.9 Å². The number of aliphatic hydroxyl groups excluding tert-OH is 1. The molecule has 0 fully saturated rings. The third kappa shape index (κ3) is 6.48. The summed E-state index contributed by atoms with van der Waals surface area (Å²) in [6, 6.07) is 7.17. The van der Waals surface area contributed by atoms with Gasteiger partial charge >= 0.3 is 0 Å². The van der Waals surface area contributed by atoms with Crippen LogP contribution in [0.2, 0.25) is 0 Å². The van der Waals surface area contributed by atoms with Gasteiger partial charge < -0.3 is 34.4 Å². The third-order valence-corrected chi connectivity index (χ3v) is 3.82. The molecule has 156 valence electrons. The molecule has 2 rings (SSSR count). The van der Waals surface area contributed by atoms with Crippen molar-refractivity contribution in [1.29, 1.82) is 0 Å². The Morgan fingerprint density at radius 1 is 1.14 bits per heavy atom. The highest BCUT2D eigenvalue weighted by Crippen LogP contribution is 2.38. The summed E-state index contributed by atoms with van der Waals surface area (Å²) in [5.74, 6) is 2.78. The van der Waals surface area contributed by atoms with E-state index in [2.05, 4.69) is 15.6 Å². The van der Waals surface area contributed by atoms with Crippen molar-refractivity contribution in [2.75, 3.05) is 34.4 Å². The van der Waals surface area contributed by atoms with Gasteiger partial charge in [-0.05, 0) is 36.8 Å². The molecule has 0 amide bonds. The van der Waals surface area contributed by atoms with Crippen molar-refractivity contribution in [3.05, 3.63) is 41.9 Å². The standard InChI is InChI=1S/C19H27N3O5.HI/c1-5-20-19(22-12-14(23)15-7-6-8-27-15)21-11-13-9-16(24-2)18(26-4)17(10-13)25-3;/h6-10,14,23H,5,11-12H2,1-4H3,(H2,20,21,22);1H. The van der Waals surface area contributed by atoms with Crippen LogP contribution in [-0.4, -0.2) is 45.5 Å². The molecule has 0 aliphatic rings. The van der Waals surface area contributed by atoms with Gasteiger partial charge in [-0.2, -0.15) is 0 Å². The van der Waals surface area contributed by atoms with Gasteiger partial charge in [0, 0.05) is 6.54 Å². The fourth-order valence-electron chi connectivity index (χ4n) is 2.51. The summed E-state index contributed by atoms with van der Waals surface area (Å²) >= 11 is 0. The van der Waals surface area contributed by atoms with Gasteiger partial charge in [0.2, 0.25) is 5.75 Å². The highest BCUT2D eigenvalue weighted by Gasteiger charge is 2.14. The second-order valence-corrected chi connectivity index (χ2v) is 5.64. The van der Waals surface area contributed by atoms with E-state index in [4.69, 9.17) is 18.6 Å². The number of aliphatic imine (C=N–C) groups is 1. The molecular formula is C19H28IN3O5. The van der Waals surface area contributed by atoms with Crippen molar-refractivity contribution >= 4 is 29.9 Å². The monoisotopic (exact) mass is 505 g/mol. The Morgan fingerprint density at radius 2 is 1.82 bits per heavy atom. The fraction of sp³-hybridized carbons (Fsp3) is 0.421. The number of methoxy groups -OCH3 is 3. The second-order valence-electron chi connectivity index (χ2n) is 5.64. The minimum absolute atomic E-state index is 0. The molecule has 1 aromatic carbocycles. The largest absolute Gasteiger partial charge is 0.493 e. The van der Waals surface area contributed by atoms with Crippen molar-refractivity contribution in [3.63, 3.8) is 0 Å². The first-order chi connectivity index (χ1) is 13.1. The van der Waals surface area contributed by atoms with Gasteiger partial charge in [0.05, 0.1) is 40.7 Å². The molecule has 0 spiro atoms. The molecule has 0 bridgehead atoms. The molecule has 0 radical (unpaired) electrons. The Bertz CT molecular complexity index is 712. The molecule has 0 aliphatic carbocycles. The van der Waals surface area contributed by atoms with Crippen molar-refractivity contribution in [1.82, 2.24) is 10.6 Å². The number of benzene rings is 1. The Balaban J connectivity index is 0.00000392. The molecule has 1 atom stereocenters. The first kappa shape index (κ1) is 23.9. The number of aliphatic hydroxyl groups is 1. The van der Waals surface area contributed by atoms with Crippen LogP contribution in [0.3, 0.4) is 0 Å². The van der Waals surface area contributed by atoms with E-state index in [-0.39, 0.29) is 30.5 Å². The first-order valence-corrected chi connectivity index (χ1v) is 8.65. The molecular weight excluding hydrogens is 477 g/mol. The zero-order chi connectivity index (χ0) is 19.6. The van der Waals surface area contributed by atoms with Crippen LogP contribution in [0.5, 0.6) is 17.2 Å². The van der Waals surface area contributed by atoms with Gasteiger partial charge in [-0.1, -0.05) is 0 Å². The van der Waals surface area contributed by atoms with E-state index in [0.717, 1.165) is 5.56 Å². The minimum atomic E-state index is -0.759. The van der Waals surface area contributed by atoms with E-state index in [9.17, 15) is 5.11 Å². The van der Waals surface area contributed by atoms with Crippen LogP contribution in [-0.2, 0) is 6.54 Å². The highest BCUT2D eigenvalue weighted by atomic mass is 127. The topological polar surface area (TPSA) is 97.5 Å². The van der Waals surface area contributed by atoms with Crippen molar-refractivity contribution in [3.8, 4) is 17.2 Å². The first-order valence-electron chi connectivity index (χ1n) is 8.65. The number of guanidine groups is 1. The molecule has 2 aromatic rings. The Morgan fingerprint density at radius 3 is 2.32 bits per heavy atom. The van der Waals surface area contributed by atoms with Gasteiger partial charge in [-0.25, -0.2) is 4.99 Å². The van der Waals surface area contributed by atoms with Crippen LogP contribution < -0.4 is 24.8 Å². The lowest BCUT2D eigenvalue weighted by Gasteiger charge is -2.15. The summed E-state index contributed by atoms with van der Waals surface area (Å²) in [5.41, 5.74) is 0.897. The summed E-state index contributed by atoms with van der Waals surface area (Å²) in [6.45, 7) is 3.33. The number of furan rings is 1. The molecule has 0 aliphatic heterocycles. The molecule has 3 N–H and O–H groups in total. The summed E-state index contributed by atoms with van der Waals surface area (Å²) < 4.78 is 21.3. The van der Waals surface area contributed by atoms with Crippen LogP contribution in [0.1, 0.15) is 24.4 Å². The predicted molar refractivity (Wildman–Crippen MR) is 118 cm³/mol. The van der Waals surface area contributed by atoms with Crippen molar-refractivity contribution in [2.24, 2.45) is 4.99 Å². The second kappa shape index (κ2) is 12.3. The molecule has 1 aromatic heterocycles. The maximum atomic E-state index is 10.1. The van der Waals surface area contributed by atoms with E-state index in [1.807, 2.05) is 19.1 Å². The van der Waals surface area contributed by atoms with Crippen LogP contribution in [0.4, 0.5) is 0 Å². The van der Waals surface area contributed by atoms with Gasteiger partial charge in [-0.15, -0.1) is 24.0 Å². The zero-order valence-corrected chi connectivity index (χ0v) is 18.9. The van der Waals surface area contributed by atoms with Crippen LogP contribution in [0.15, 0.2) is 39.9 Å². The third-order valence-electron chi connectivity index (χ3n) is 3.82. The smallest absolute Gasteiger partial charge is 0.203 e. The number of nitrogens with one attached hydrogen (secondary N) is 2. The molecule has 1 heterocycles. The van der Waals surface area contributed by atoms with Crippen molar-refractivity contribution < 1.29 is 23.7 Å². The average molecular weight is 505 g/mol. The van der Waals surface area contributed by atoms with Gasteiger partial charge in [-0.3, -0.25) is 0 Å². The van der Waals surface area contributed by atoms with Crippen LogP contribution >= 0.6 is 24.0 Å². The number of hydrogen-bond donors (Lipinski definition) is 3. The number of ether oxygens (including phenoxy) is 3. The normalized spacial score (nSPS) is 12.0. The summed E-state index contributed by atoms with van der Waals surface area (Å²) in [4.78, 5) is 4.54. The lowest BCUT2D eigenvalue weighted by Crippen LogP contribution is -2.39. The van der Waals surface area contributed by atoms with Crippen LogP contribution in [0.25, 0.3) is 0 Å². The summed E-state index contributed by atoms with van der Waals surface area (Å²) in [5, 5.41) is 16.4. The molecule has 0 saturated carbocycles. The Hall–Kier alpha value is -2.14. The maximum Gasteiger partial charge on any atom is 0.203 e. The highest BCUT2D eigenvalue weighted by molar-refractivity contribution is 14.0. The van der Waals surface area contributed by atoms with E-state index < -0.39 is 6.10 Å². The molecule has 8 nitrogen and oxygen atoms in total. The summed E-state index contributed by atoms with van der Waals surface area (Å²) in [6.07, 6.45) is 0.771. The number of rotatable bonds is 9. The lowest BCUT2D eigenvalue weighted by atomic mass is 10.2. The average Bonchev–Trinajstić information content (AvgIpc) is 3.23. The van der Waals surface area contributed by atoms with Gasteiger partial charge in [0.25, 0.3) is 0 Å². The van der Waals surface area contributed by atoms with Crippen LogP contribution in [0, 0.1) is 0 Å². The molecule has 9 heteroatoms. The fourth-order valence-corrected chi connectivity index (χ4v) is 2.51. The number of hydrogen-bond acceptors (Lipinski definition) is 6.